The molecule has 2 aromatic rings. The van der Waals surface area contributed by atoms with Gasteiger partial charge in [-0.15, -0.1) is 21.5 Å². The molecule has 7 heteroatoms. The number of nitrogens with one attached hydrogen (secondary N) is 1. The average molecular weight is 345 g/mol. The van der Waals surface area contributed by atoms with Gasteiger partial charge in [0.2, 0.25) is 0 Å². The zero-order chi connectivity index (χ0) is 16.4. The van der Waals surface area contributed by atoms with Gasteiger partial charge in [0.1, 0.15) is 21.7 Å². The van der Waals surface area contributed by atoms with Crippen LogP contribution >= 0.6 is 23.1 Å². The molecule has 1 aromatic carbocycles. The van der Waals surface area contributed by atoms with Gasteiger partial charge in [0.15, 0.2) is 5.78 Å². The second kappa shape index (κ2) is 6.64. The van der Waals surface area contributed by atoms with Crippen molar-refractivity contribution in [2.45, 2.75) is 19.3 Å². The van der Waals surface area contributed by atoms with Crippen LogP contribution in [0.3, 0.4) is 0 Å². The van der Waals surface area contributed by atoms with E-state index in [0.29, 0.717) is 15.0 Å². The van der Waals surface area contributed by atoms with Gasteiger partial charge in [-0.25, -0.2) is 0 Å². The van der Waals surface area contributed by atoms with Gasteiger partial charge in [-0.1, -0.05) is 30.8 Å². The highest BCUT2D eigenvalue weighted by atomic mass is 32.2. The van der Waals surface area contributed by atoms with Gasteiger partial charge in [0, 0.05) is 0 Å². The number of hydrogen-bond donors (Lipinski definition) is 1. The van der Waals surface area contributed by atoms with Crippen LogP contribution in [0.1, 0.15) is 28.4 Å². The van der Waals surface area contributed by atoms with Crippen LogP contribution in [0.25, 0.3) is 6.08 Å². The van der Waals surface area contributed by atoms with Crippen molar-refractivity contribution < 1.29 is 9.53 Å². The molecular formula is C16H15N3O2S2. The van der Waals surface area contributed by atoms with Crippen molar-refractivity contribution in [2.24, 2.45) is 0 Å². The number of nitrogens with zero attached hydrogens (tertiary/aromatic N) is 2. The predicted molar refractivity (Wildman–Crippen MR) is 93.3 cm³/mol. The van der Waals surface area contributed by atoms with E-state index in [9.17, 15) is 4.79 Å². The Hall–Kier alpha value is -1.99. The SMILES string of the molecule is CCc1nnc(C2C(=N)SC(=Cc3ccc(OC)cc3)C2=O)s1. The van der Waals surface area contributed by atoms with Crippen LogP contribution in [0, 0.1) is 5.41 Å². The summed E-state index contributed by atoms with van der Waals surface area (Å²) in [5.74, 6) is 0.0982. The average Bonchev–Trinajstić information content (AvgIpc) is 3.13. The molecule has 23 heavy (non-hydrogen) atoms. The first-order valence-corrected chi connectivity index (χ1v) is 8.74. The summed E-state index contributed by atoms with van der Waals surface area (Å²) in [5, 5.41) is 18.1. The molecule has 0 bridgehead atoms. The van der Waals surface area contributed by atoms with Crippen molar-refractivity contribution in [3.05, 3.63) is 44.7 Å². The molecule has 3 rings (SSSR count). The molecule has 0 amide bonds. The van der Waals surface area contributed by atoms with Crippen LogP contribution in [0.2, 0.25) is 0 Å². The largest absolute Gasteiger partial charge is 0.497 e. The fourth-order valence-corrected chi connectivity index (χ4v) is 4.14. The maximum atomic E-state index is 12.6. The Labute approximate surface area is 142 Å². The van der Waals surface area contributed by atoms with Gasteiger partial charge >= 0.3 is 0 Å². The van der Waals surface area contributed by atoms with Crippen molar-refractivity contribution in [3.8, 4) is 5.75 Å². The Morgan fingerprint density at radius 1 is 1.30 bits per heavy atom. The lowest BCUT2D eigenvalue weighted by Gasteiger charge is -2.01. The molecule has 1 N–H and O–H groups in total. The zero-order valence-corrected chi connectivity index (χ0v) is 14.3. The number of benzene rings is 1. The lowest BCUT2D eigenvalue weighted by molar-refractivity contribution is -0.114. The first kappa shape index (κ1) is 15.9. The molecule has 1 unspecified atom stereocenters. The van der Waals surface area contributed by atoms with Crippen molar-refractivity contribution >= 4 is 40.0 Å². The standard InChI is InChI=1S/C16H15N3O2S2/c1-3-12-18-19-16(23-12)13-14(20)11(22-15(13)17)8-9-4-6-10(21-2)7-5-9/h4-8,13,17H,3H2,1-2H3. The van der Waals surface area contributed by atoms with Crippen LogP contribution in [0.15, 0.2) is 29.2 Å². The highest BCUT2D eigenvalue weighted by molar-refractivity contribution is 8.19. The van der Waals surface area contributed by atoms with Gasteiger partial charge in [0.25, 0.3) is 0 Å². The Bertz CT molecular complexity index is 781. The number of allylic oxidation sites excluding steroid dienone is 1. The molecule has 5 nitrogen and oxygen atoms in total. The van der Waals surface area contributed by atoms with E-state index in [4.69, 9.17) is 10.1 Å². The van der Waals surface area contributed by atoms with E-state index < -0.39 is 5.92 Å². The third kappa shape index (κ3) is 3.20. The Morgan fingerprint density at radius 3 is 2.65 bits per heavy atom. The first-order chi connectivity index (χ1) is 11.1. The smallest absolute Gasteiger partial charge is 0.186 e. The van der Waals surface area contributed by atoms with Crippen LogP contribution in [0.4, 0.5) is 0 Å². The van der Waals surface area contributed by atoms with Gasteiger partial charge in [-0.3, -0.25) is 10.2 Å². The van der Waals surface area contributed by atoms with Crippen LogP contribution in [0.5, 0.6) is 5.75 Å². The molecule has 1 atom stereocenters. The number of rotatable bonds is 4. The van der Waals surface area contributed by atoms with E-state index >= 15 is 0 Å². The predicted octanol–water partition coefficient (Wildman–Crippen LogP) is 3.53. The minimum absolute atomic E-state index is 0.0744. The number of carbonyl (C=O) groups excluding carboxylic acids is 1. The van der Waals surface area contributed by atoms with Crippen LogP contribution in [-0.4, -0.2) is 28.1 Å². The summed E-state index contributed by atoms with van der Waals surface area (Å²) in [5.41, 5.74) is 0.904. The number of Topliss-reactive ketones (excluding diaryl/α,β-unsaturated/α-hetero) is 1. The maximum Gasteiger partial charge on any atom is 0.186 e. The Morgan fingerprint density at radius 2 is 2.04 bits per heavy atom. The van der Waals surface area contributed by atoms with Crippen LogP contribution < -0.4 is 4.74 Å². The summed E-state index contributed by atoms with van der Waals surface area (Å²) < 4.78 is 5.12. The van der Waals surface area contributed by atoms with Crippen molar-refractivity contribution in [2.75, 3.05) is 7.11 Å². The summed E-state index contributed by atoms with van der Waals surface area (Å²) in [4.78, 5) is 13.2. The quantitative estimate of drug-likeness (QED) is 0.858. The number of aromatic nitrogens is 2. The van der Waals surface area contributed by atoms with Crippen molar-refractivity contribution in [1.29, 1.82) is 5.41 Å². The minimum Gasteiger partial charge on any atom is -0.497 e. The lowest BCUT2D eigenvalue weighted by atomic mass is 10.1. The third-order valence-electron chi connectivity index (χ3n) is 3.43. The Balaban J connectivity index is 1.86. The third-order valence-corrected chi connectivity index (χ3v) is 5.56. The van der Waals surface area contributed by atoms with Crippen molar-refractivity contribution in [3.63, 3.8) is 0 Å². The molecule has 0 saturated carbocycles. The Kier molecular flexibility index (Phi) is 4.58. The molecule has 118 valence electrons. The van der Waals surface area contributed by atoms with E-state index in [1.165, 1.54) is 23.1 Å². The second-order valence-corrected chi connectivity index (χ2v) is 7.11. The van der Waals surface area contributed by atoms with Crippen molar-refractivity contribution in [1.82, 2.24) is 10.2 Å². The van der Waals surface area contributed by atoms with Gasteiger partial charge in [0.05, 0.1) is 17.1 Å². The van der Waals surface area contributed by atoms with E-state index in [2.05, 4.69) is 10.2 Å². The highest BCUT2D eigenvalue weighted by Gasteiger charge is 2.39. The summed E-state index contributed by atoms with van der Waals surface area (Å²) in [6.07, 6.45) is 2.59. The molecule has 0 aliphatic carbocycles. The fraction of sp³-hybridized carbons (Fsp3) is 0.250. The van der Waals surface area contributed by atoms with E-state index in [1.54, 1.807) is 7.11 Å². The van der Waals surface area contributed by atoms with E-state index in [1.807, 2.05) is 37.3 Å². The molecular weight excluding hydrogens is 330 g/mol. The number of thioether (sulfide) groups is 1. The zero-order valence-electron chi connectivity index (χ0n) is 12.7. The van der Waals surface area contributed by atoms with Crippen LogP contribution in [-0.2, 0) is 11.2 Å². The van der Waals surface area contributed by atoms with Gasteiger partial charge in [-0.2, -0.15) is 0 Å². The van der Waals surface area contributed by atoms with E-state index in [-0.39, 0.29) is 5.78 Å². The molecule has 0 spiro atoms. The molecule has 1 fully saturated rings. The molecule has 1 aliphatic rings. The second-order valence-electron chi connectivity index (χ2n) is 4.93. The number of ether oxygens (including phenoxy) is 1. The minimum atomic E-state index is -0.595. The number of ketones is 1. The normalized spacial score (nSPS) is 19.6. The van der Waals surface area contributed by atoms with Gasteiger partial charge in [-0.05, 0) is 30.2 Å². The first-order valence-electron chi connectivity index (χ1n) is 7.11. The lowest BCUT2D eigenvalue weighted by Crippen LogP contribution is -2.11. The monoisotopic (exact) mass is 345 g/mol. The maximum absolute atomic E-state index is 12.6. The number of carbonyl (C=O) groups is 1. The highest BCUT2D eigenvalue weighted by Crippen LogP contribution is 2.41. The molecule has 1 saturated heterocycles. The molecule has 0 radical (unpaired) electrons. The summed E-state index contributed by atoms with van der Waals surface area (Å²) in [6.45, 7) is 2.00. The summed E-state index contributed by atoms with van der Waals surface area (Å²) >= 11 is 2.61. The molecule has 1 aliphatic heterocycles. The number of hydrogen-bond acceptors (Lipinski definition) is 7. The summed E-state index contributed by atoms with van der Waals surface area (Å²) in [6, 6.07) is 7.46. The number of aryl methyl sites for hydroxylation is 1. The topological polar surface area (TPSA) is 75.9 Å². The molecule has 1 aromatic heterocycles. The summed E-state index contributed by atoms with van der Waals surface area (Å²) in [7, 11) is 1.61. The molecule has 2 heterocycles. The van der Waals surface area contributed by atoms with Gasteiger partial charge < -0.3 is 4.74 Å². The fourth-order valence-electron chi connectivity index (χ4n) is 2.19. The number of methoxy groups -OCH3 is 1. The van der Waals surface area contributed by atoms with E-state index in [0.717, 1.165) is 22.7 Å².